The minimum Gasteiger partial charge on any atom is -0.399 e. The molecule has 1 aliphatic heterocycles. The fourth-order valence-corrected chi connectivity index (χ4v) is 2.96. The maximum absolute atomic E-state index is 12.9. The number of carbonyl (C=O) groups excluding carboxylic acids is 1. The zero-order valence-electron chi connectivity index (χ0n) is 14.0. The van der Waals surface area contributed by atoms with Gasteiger partial charge in [0.1, 0.15) is 5.84 Å². The molecule has 2 N–H and O–H groups in total. The summed E-state index contributed by atoms with van der Waals surface area (Å²) in [5, 5.41) is 0. The number of amidine groups is 1. The molecule has 2 aromatic carbocycles. The van der Waals surface area contributed by atoms with Gasteiger partial charge < -0.3 is 5.73 Å². The third-order valence-electron chi connectivity index (χ3n) is 4.25. The molecule has 4 nitrogen and oxygen atoms in total. The zero-order valence-corrected chi connectivity index (χ0v) is 14.0. The van der Waals surface area contributed by atoms with Gasteiger partial charge in [0.25, 0.3) is 0 Å². The molecule has 0 atom stereocenters. The molecule has 4 heteroatoms. The van der Waals surface area contributed by atoms with Crippen molar-refractivity contribution in [2.45, 2.75) is 39.0 Å². The summed E-state index contributed by atoms with van der Waals surface area (Å²) in [6.07, 6.45) is 4.44. The summed E-state index contributed by atoms with van der Waals surface area (Å²) >= 11 is 0. The molecule has 0 aromatic heterocycles. The highest BCUT2D eigenvalue weighted by Gasteiger charge is 2.25. The number of benzene rings is 2. The van der Waals surface area contributed by atoms with Gasteiger partial charge in [0.05, 0.1) is 17.8 Å². The van der Waals surface area contributed by atoms with Gasteiger partial charge in [0.15, 0.2) is 0 Å². The standard InChI is InChI=1S/C20H23N3O/c1-2-3-4-9-19-22-18-8-6-5-7-15(18)14-20(24)23(19)17-12-10-16(21)11-13-17/h5-8,10-13H,2-4,9,14,21H2,1H3. The number of nitrogens with two attached hydrogens (primary N) is 1. The van der Waals surface area contributed by atoms with Gasteiger partial charge in [0, 0.05) is 12.1 Å². The van der Waals surface area contributed by atoms with E-state index in [1.165, 1.54) is 0 Å². The monoisotopic (exact) mass is 321 g/mol. The third kappa shape index (κ3) is 3.48. The van der Waals surface area contributed by atoms with Gasteiger partial charge in [-0.3, -0.25) is 9.69 Å². The van der Waals surface area contributed by atoms with Crippen molar-refractivity contribution in [1.29, 1.82) is 0 Å². The first-order chi connectivity index (χ1) is 11.7. The molecule has 0 spiro atoms. The Bertz CT molecular complexity index is 750. The van der Waals surface area contributed by atoms with Crippen LogP contribution < -0.4 is 10.6 Å². The van der Waals surface area contributed by atoms with E-state index in [1.807, 2.05) is 48.5 Å². The second-order valence-electron chi connectivity index (χ2n) is 6.11. The highest BCUT2D eigenvalue weighted by atomic mass is 16.2. The van der Waals surface area contributed by atoms with E-state index in [0.717, 1.165) is 48.5 Å². The summed E-state index contributed by atoms with van der Waals surface area (Å²) in [7, 11) is 0. The van der Waals surface area contributed by atoms with Crippen molar-refractivity contribution in [3.05, 3.63) is 54.1 Å². The number of anilines is 2. The third-order valence-corrected chi connectivity index (χ3v) is 4.25. The molecule has 24 heavy (non-hydrogen) atoms. The van der Waals surface area contributed by atoms with Crippen molar-refractivity contribution in [2.24, 2.45) is 4.99 Å². The van der Waals surface area contributed by atoms with E-state index in [9.17, 15) is 4.79 Å². The molecule has 1 aliphatic rings. The van der Waals surface area contributed by atoms with E-state index < -0.39 is 0 Å². The van der Waals surface area contributed by atoms with Crippen LogP contribution >= 0.6 is 0 Å². The fraction of sp³-hybridized carbons (Fsp3) is 0.300. The average Bonchev–Trinajstić information content (AvgIpc) is 2.72. The first-order valence-electron chi connectivity index (χ1n) is 8.53. The first kappa shape index (κ1) is 16.2. The summed E-state index contributed by atoms with van der Waals surface area (Å²) in [6, 6.07) is 15.3. The van der Waals surface area contributed by atoms with Crippen LogP contribution in [0.1, 0.15) is 38.2 Å². The number of aliphatic imine (C=N–C) groups is 1. The Kier molecular flexibility index (Phi) is 4.94. The molecule has 2 aromatic rings. The van der Waals surface area contributed by atoms with Gasteiger partial charge in [0.2, 0.25) is 5.91 Å². The number of hydrogen-bond acceptors (Lipinski definition) is 3. The fourth-order valence-electron chi connectivity index (χ4n) is 2.96. The Hall–Kier alpha value is -2.62. The van der Waals surface area contributed by atoms with E-state index in [4.69, 9.17) is 10.7 Å². The Balaban J connectivity index is 2.01. The van der Waals surface area contributed by atoms with Crippen molar-refractivity contribution < 1.29 is 4.79 Å². The highest BCUT2D eigenvalue weighted by molar-refractivity contribution is 6.19. The summed E-state index contributed by atoms with van der Waals surface area (Å²) in [5.41, 5.74) is 9.19. The number of amides is 1. The predicted octanol–water partition coefficient (Wildman–Crippen LogP) is 4.47. The lowest BCUT2D eigenvalue weighted by Gasteiger charge is -2.23. The van der Waals surface area contributed by atoms with Crippen molar-refractivity contribution in [3.8, 4) is 0 Å². The molecule has 1 heterocycles. The quantitative estimate of drug-likeness (QED) is 0.652. The van der Waals surface area contributed by atoms with Crippen LogP contribution in [0.3, 0.4) is 0 Å². The maximum atomic E-state index is 12.9. The summed E-state index contributed by atoms with van der Waals surface area (Å²) in [4.78, 5) is 19.5. The molecule has 0 saturated carbocycles. The van der Waals surface area contributed by atoms with Crippen LogP contribution in [0.5, 0.6) is 0 Å². The van der Waals surface area contributed by atoms with E-state index in [1.54, 1.807) is 4.90 Å². The van der Waals surface area contributed by atoms with E-state index in [2.05, 4.69) is 6.92 Å². The number of hydrogen-bond donors (Lipinski definition) is 1. The first-order valence-corrected chi connectivity index (χ1v) is 8.53. The van der Waals surface area contributed by atoms with E-state index in [-0.39, 0.29) is 5.91 Å². The number of unbranched alkanes of at least 4 members (excludes halogenated alkanes) is 2. The molecule has 1 amide bonds. The Morgan fingerprint density at radius 3 is 2.58 bits per heavy atom. The molecular weight excluding hydrogens is 298 g/mol. The molecule has 0 bridgehead atoms. The zero-order chi connectivity index (χ0) is 16.9. The second kappa shape index (κ2) is 7.30. The van der Waals surface area contributed by atoms with Crippen LogP contribution in [-0.2, 0) is 11.2 Å². The highest BCUT2D eigenvalue weighted by Crippen LogP contribution is 2.28. The lowest BCUT2D eigenvalue weighted by molar-refractivity contribution is -0.117. The number of nitrogen functional groups attached to an aromatic ring is 1. The summed E-state index contributed by atoms with van der Waals surface area (Å²) in [6.45, 7) is 2.17. The average molecular weight is 321 g/mol. The van der Waals surface area contributed by atoms with Gasteiger partial charge in [-0.1, -0.05) is 38.0 Å². The number of fused-ring (bicyclic) bond motifs is 1. The molecule has 0 fully saturated rings. The van der Waals surface area contributed by atoms with Crippen LogP contribution in [0.25, 0.3) is 0 Å². The molecule has 3 rings (SSSR count). The molecule has 0 unspecified atom stereocenters. The molecule has 0 aliphatic carbocycles. The van der Waals surface area contributed by atoms with Crippen molar-refractivity contribution in [2.75, 3.05) is 10.6 Å². The van der Waals surface area contributed by atoms with Crippen molar-refractivity contribution in [1.82, 2.24) is 0 Å². The maximum Gasteiger partial charge on any atom is 0.236 e. The number of para-hydroxylation sites is 1. The summed E-state index contributed by atoms with van der Waals surface area (Å²) in [5.74, 6) is 0.878. The van der Waals surface area contributed by atoms with E-state index in [0.29, 0.717) is 12.1 Å². The molecule has 124 valence electrons. The van der Waals surface area contributed by atoms with Crippen LogP contribution in [0.15, 0.2) is 53.5 Å². The lowest BCUT2D eigenvalue weighted by Crippen LogP contribution is -2.37. The Morgan fingerprint density at radius 2 is 1.83 bits per heavy atom. The van der Waals surface area contributed by atoms with Crippen LogP contribution in [0.4, 0.5) is 17.1 Å². The number of nitrogens with zero attached hydrogens (tertiary/aromatic N) is 2. The van der Waals surface area contributed by atoms with Crippen LogP contribution in [0, 0.1) is 0 Å². The molecular formula is C20H23N3O. The van der Waals surface area contributed by atoms with Crippen molar-refractivity contribution >= 4 is 28.8 Å². The summed E-state index contributed by atoms with van der Waals surface area (Å²) < 4.78 is 0. The van der Waals surface area contributed by atoms with Crippen LogP contribution in [-0.4, -0.2) is 11.7 Å². The number of carbonyl (C=O) groups is 1. The van der Waals surface area contributed by atoms with Gasteiger partial charge >= 0.3 is 0 Å². The Morgan fingerprint density at radius 1 is 1.08 bits per heavy atom. The van der Waals surface area contributed by atoms with Crippen LogP contribution in [0.2, 0.25) is 0 Å². The Labute approximate surface area is 143 Å². The van der Waals surface area contributed by atoms with Gasteiger partial charge in [-0.05, 0) is 42.3 Å². The normalized spacial score (nSPS) is 14.1. The number of rotatable bonds is 5. The van der Waals surface area contributed by atoms with Gasteiger partial charge in [-0.15, -0.1) is 0 Å². The minimum absolute atomic E-state index is 0.0555. The largest absolute Gasteiger partial charge is 0.399 e. The molecule has 0 radical (unpaired) electrons. The SMILES string of the molecule is CCCCCC1=Nc2ccccc2CC(=O)N1c1ccc(N)cc1. The predicted molar refractivity (Wildman–Crippen MR) is 99.7 cm³/mol. The molecule has 0 saturated heterocycles. The van der Waals surface area contributed by atoms with Gasteiger partial charge in [-0.2, -0.15) is 0 Å². The lowest BCUT2D eigenvalue weighted by atomic mass is 10.1. The second-order valence-corrected chi connectivity index (χ2v) is 6.11. The van der Waals surface area contributed by atoms with Gasteiger partial charge in [-0.25, -0.2) is 4.99 Å². The topological polar surface area (TPSA) is 58.7 Å². The van der Waals surface area contributed by atoms with Crippen molar-refractivity contribution in [3.63, 3.8) is 0 Å². The van der Waals surface area contributed by atoms with E-state index >= 15 is 0 Å². The minimum atomic E-state index is 0.0555. The smallest absolute Gasteiger partial charge is 0.236 e.